The quantitative estimate of drug-likeness (QED) is 0.686. The molecule has 0 saturated carbocycles. The van der Waals surface area contributed by atoms with E-state index in [4.69, 9.17) is 23.2 Å². The van der Waals surface area contributed by atoms with Crippen LogP contribution in [0, 0.1) is 6.92 Å². The van der Waals surface area contributed by atoms with Gasteiger partial charge in [-0.3, -0.25) is 9.59 Å². The highest BCUT2D eigenvalue weighted by molar-refractivity contribution is 7.20. The van der Waals surface area contributed by atoms with E-state index in [0.29, 0.717) is 38.0 Å². The number of thiophene rings is 1. The third-order valence-electron chi connectivity index (χ3n) is 3.56. The van der Waals surface area contributed by atoms with Gasteiger partial charge in [0.15, 0.2) is 5.82 Å². The highest BCUT2D eigenvalue weighted by atomic mass is 35.5. The number of carbonyl (C=O) groups excluding carboxylic acids is 1. The second-order valence-corrected chi connectivity index (χ2v) is 7.77. The van der Waals surface area contributed by atoms with Crippen LogP contribution in [0.25, 0.3) is 10.2 Å². The SMILES string of the molecule is Cc1c(C(=O)Nc2ncc(Cl)cc2Cl)sc2nc(CN(C)C)[nH]c(=O)c12. The van der Waals surface area contributed by atoms with Crippen molar-refractivity contribution in [3.8, 4) is 0 Å². The minimum atomic E-state index is -0.407. The minimum absolute atomic E-state index is 0.202. The lowest BCUT2D eigenvalue weighted by Gasteiger charge is -2.07. The maximum Gasteiger partial charge on any atom is 0.267 e. The largest absolute Gasteiger partial charge is 0.309 e. The van der Waals surface area contributed by atoms with Crippen LogP contribution in [0.5, 0.6) is 0 Å². The monoisotopic (exact) mass is 411 g/mol. The Morgan fingerprint density at radius 2 is 2.12 bits per heavy atom. The molecule has 0 bridgehead atoms. The van der Waals surface area contributed by atoms with Gasteiger partial charge in [-0.15, -0.1) is 11.3 Å². The number of amides is 1. The molecule has 26 heavy (non-hydrogen) atoms. The number of anilines is 1. The summed E-state index contributed by atoms with van der Waals surface area (Å²) in [5.41, 5.74) is 0.306. The number of nitrogens with zero attached hydrogens (tertiary/aromatic N) is 3. The molecule has 0 aliphatic rings. The van der Waals surface area contributed by atoms with Gasteiger partial charge in [-0.05, 0) is 32.6 Å². The second kappa shape index (κ2) is 7.32. The summed E-state index contributed by atoms with van der Waals surface area (Å²) < 4.78 is 0. The molecule has 10 heteroatoms. The highest BCUT2D eigenvalue weighted by Crippen LogP contribution is 2.29. The Bertz CT molecular complexity index is 1060. The van der Waals surface area contributed by atoms with Gasteiger partial charge >= 0.3 is 0 Å². The highest BCUT2D eigenvalue weighted by Gasteiger charge is 2.20. The van der Waals surface area contributed by atoms with E-state index in [0.717, 1.165) is 11.3 Å². The fraction of sp³-hybridized carbons (Fsp3) is 0.250. The van der Waals surface area contributed by atoms with Gasteiger partial charge < -0.3 is 15.2 Å². The Kier molecular flexibility index (Phi) is 5.29. The number of halogens is 2. The third-order valence-corrected chi connectivity index (χ3v) is 5.24. The Labute approximate surface area is 163 Å². The number of pyridine rings is 1. The second-order valence-electron chi connectivity index (χ2n) is 5.92. The number of rotatable bonds is 4. The summed E-state index contributed by atoms with van der Waals surface area (Å²) in [7, 11) is 3.76. The van der Waals surface area contributed by atoms with Crippen LogP contribution in [0.4, 0.5) is 5.82 Å². The number of aromatic amines is 1. The topological polar surface area (TPSA) is 91.0 Å². The molecule has 136 valence electrons. The van der Waals surface area contributed by atoms with Crippen LogP contribution in [-0.4, -0.2) is 39.9 Å². The Morgan fingerprint density at radius 1 is 1.38 bits per heavy atom. The van der Waals surface area contributed by atoms with Gasteiger partial charge in [0.2, 0.25) is 0 Å². The molecule has 0 atom stereocenters. The summed E-state index contributed by atoms with van der Waals surface area (Å²) >= 11 is 13.0. The van der Waals surface area contributed by atoms with Crippen molar-refractivity contribution in [2.45, 2.75) is 13.5 Å². The molecule has 1 amide bonds. The molecule has 2 N–H and O–H groups in total. The molecule has 0 fully saturated rings. The lowest BCUT2D eigenvalue weighted by molar-refractivity contribution is 0.102. The smallest absolute Gasteiger partial charge is 0.267 e. The fourth-order valence-corrected chi connectivity index (χ4v) is 3.97. The lowest BCUT2D eigenvalue weighted by atomic mass is 10.2. The molecule has 0 aliphatic heterocycles. The number of carbonyl (C=O) groups is 1. The zero-order chi connectivity index (χ0) is 19.0. The van der Waals surface area contributed by atoms with Crippen LogP contribution in [-0.2, 0) is 6.54 Å². The van der Waals surface area contributed by atoms with Crippen molar-refractivity contribution < 1.29 is 4.79 Å². The number of aryl methyl sites for hydroxylation is 1. The first kappa shape index (κ1) is 18.8. The normalized spacial score (nSPS) is 11.3. The third kappa shape index (κ3) is 3.73. The molecule has 0 aliphatic carbocycles. The first-order valence-corrected chi connectivity index (χ1v) is 9.13. The molecular formula is C16H15Cl2N5O2S. The molecule has 3 heterocycles. The summed E-state index contributed by atoms with van der Waals surface area (Å²) in [6.45, 7) is 2.21. The lowest BCUT2D eigenvalue weighted by Crippen LogP contribution is -2.18. The van der Waals surface area contributed by atoms with Crippen molar-refractivity contribution in [3.63, 3.8) is 0 Å². The Morgan fingerprint density at radius 3 is 2.77 bits per heavy atom. The number of hydrogen-bond acceptors (Lipinski definition) is 6. The molecule has 0 spiro atoms. The maximum absolute atomic E-state index is 12.6. The summed E-state index contributed by atoms with van der Waals surface area (Å²) in [4.78, 5) is 39.1. The molecular weight excluding hydrogens is 397 g/mol. The molecule has 0 radical (unpaired) electrons. The van der Waals surface area contributed by atoms with Gasteiger partial charge in [0.25, 0.3) is 11.5 Å². The van der Waals surface area contributed by atoms with Crippen LogP contribution in [0.1, 0.15) is 21.1 Å². The van der Waals surface area contributed by atoms with E-state index in [2.05, 4.69) is 20.3 Å². The minimum Gasteiger partial charge on any atom is -0.309 e. The van der Waals surface area contributed by atoms with E-state index in [-0.39, 0.29) is 16.4 Å². The van der Waals surface area contributed by atoms with Crippen molar-refractivity contribution in [1.82, 2.24) is 19.9 Å². The van der Waals surface area contributed by atoms with Gasteiger partial charge in [0.05, 0.1) is 26.9 Å². The van der Waals surface area contributed by atoms with Crippen LogP contribution in [0.2, 0.25) is 10.0 Å². The van der Waals surface area contributed by atoms with Crippen molar-refractivity contribution in [1.29, 1.82) is 0 Å². The van der Waals surface area contributed by atoms with Gasteiger partial charge in [0, 0.05) is 6.20 Å². The van der Waals surface area contributed by atoms with E-state index in [1.807, 2.05) is 19.0 Å². The van der Waals surface area contributed by atoms with Crippen LogP contribution >= 0.6 is 34.5 Å². The van der Waals surface area contributed by atoms with Gasteiger partial charge in [-0.1, -0.05) is 23.2 Å². The number of aromatic nitrogens is 3. The van der Waals surface area contributed by atoms with Crippen molar-refractivity contribution in [2.75, 3.05) is 19.4 Å². The molecule has 7 nitrogen and oxygen atoms in total. The molecule has 0 unspecified atom stereocenters. The number of H-pyrrole nitrogens is 1. The molecule has 3 aromatic rings. The molecule has 0 aromatic carbocycles. The molecule has 3 rings (SSSR count). The van der Waals surface area contributed by atoms with Crippen LogP contribution in [0.3, 0.4) is 0 Å². The molecule has 0 saturated heterocycles. The van der Waals surface area contributed by atoms with E-state index in [1.54, 1.807) is 6.92 Å². The Hall–Kier alpha value is -2.00. The standard InChI is InChI=1S/C16H15Cl2N5O2S/c1-7-11-14(24)20-10(6-23(2)3)21-16(11)26-12(7)15(25)22-13-9(18)4-8(17)5-19-13/h4-5H,6H2,1-3H3,(H,19,22,25)(H,20,21,24). The predicted molar refractivity (Wildman–Crippen MR) is 105 cm³/mol. The van der Waals surface area contributed by atoms with E-state index in [1.165, 1.54) is 12.3 Å². The summed E-state index contributed by atoms with van der Waals surface area (Å²) in [6, 6.07) is 1.49. The van der Waals surface area contributed by atoms with Gasteiger partial charge in [-0.25, -0.2) is 9.97 Å². The zero-order valence-electron chi connectivity index (χ0n) is 14.2. The number of fused-ring (bicyclic) bond motifs is 1. The van der Waals surface area contributed by atoms with Crippen molar-refractivity contribution >= 4 is 56.5 Å². The van der Waals surface area contributed by atoms with E-state index < -0.39 is 5.91 Å². The van der Waals surface area contributed by atoms with E-state index >= 15 is 0 Å². The number of hydrogen-bond donors (Lipinski definition) is 2. The van der Waals surface area contributed by atoms with E-state index in [9.17, 15) is 9.59 Å². The zero-order valence-corrected chi connectivity index (χ0v) is 16.5. The average molecular weight is 412 g/mol. The number of nitrogens with one attached hydrogen (secondary N) is 2. The summed E-state index contributed by atoms with van der Waals surface area (Å²) in [6.07, 6.45) is 1.39. The summed E-state index contributed by atoms with van der Waals surface area (Å²) in [5, 5.41) is 3.66. The maximum atomic E-state index is 12.6. The first-order valence-electron chi connectivity index (χ1n) is 7.55. The molecule has 3 aromatic heterocycles. The Balaban J connectivity index is 1.99. The summed E-state index contributed by atoms with van der Waals surface area (Å²) in [5.74, 6) is 0.340. The first-order chi connectivity index (χ1) is 12.3. The van der Waals surface area contributed by atoms with Crippen molar-refractivity contribution in [3.05, 3.63) is 48.9 Å². The predicted octanol–water partition coefficient (Wildman–Crippen LogP) is 3.31. The average Bonchev–Trinajstić information content (AvgIpc) is 2.86. The van der Waals surface area contributed by atoms with Crippen molar-refractivity contribution in [2.24, 2.45) is 0 Å². The van der Waals surface area contributed by atoms with Crippen LogP contribution in [0.15, 0.2) is 17.1 Å². The fourth-order valence-electron chi connectivity index (χ4n) is 2.45. The van der Waals surface area contributed by atoms with Gasteiger partial charge in [0.1, 0.15) is 10.7 Å². The van der Waals surface area contributed by atoms with Gasteiger partial charge in [-0.2, -0.15) is 0 Å². The van der Waals surface area contributed by atoms with Crippen LogP contribution < -0.4 is 10.9 Å².